The molecule has 0 aliphatic rings. The summed E-state index contributed by atoms with van der Waals surface area (Å²) in [4.78, 5) is 44.0. The van der Waals surface area contributed by atoms with Crippen molar-refractivity contribution in [2.24, 2.45) is 11.5 Å². The first-order chi connectivity index (χ1) is 15.3. The van der Waals surface area contributed by atoms with Crippen molar-refractivity contribution in [2.45, 2.75) is 13.3 Å². The summed E-state index contributed by atoms with van der Waals surface area (Å²) in [5.74, 6) is -0.515. The van der Waals surface area contributed by atoms with Crippen LogP contribution in [-0.2, 0) is 11.2 Å². The predicted molar refractivity (Wildman–Crippen MR) is 118 cm³/mol. The molecule has 2 heterocycles. The molecular formula is C23H19N5O4. The molecule has 0 saturated heterocycles. The van der Waals surface area contributed by atoms with Crippen LogP contribution < -0.4 is 21.8 Å². The summed E-state index contributed by atoms with van der Waals surface area (Å²) in [5, 5.41) is 0.674. The second-order valence-corrected chi connectivity index (χ2v) is 7.14. The Morgan fingerprint density at radius 1 is 0.938 bits per heavy atom. The van der Waals surface area contributed by atoms with Crippen LogP contribution in [0, 0.1) is 6.92 Å². The number of rotatable bonds is 6. The number of carbonyl (C=O) groups is 2. The van der Waals surface area contributed by atoms with Gasteiger partial charge in [0.15, 0.2) is 5.65 Å². The van der Waals surface area contributed by atoms with Crippen LogP contribution in [0.5, 0.6) is 11.8 Å². The van der Waals surface area contributed by atoms with Crippen molar-refractivity contribution in [3.8, 4) is 17.4 Å². The molecule has 4 aromatic rings. The van der Waals surface area contributed by atoms with Crippen molar-refractivity contribution in [1.82, 2.24) is 14.5 Å². The van der Waals surface area contributed by atoms with Crippen LogP contribution in [0.15, 0.2) is 65.5 Å². The molecule has 9 nitrogen and oxygen atoms in total. The first-order valence-electron chi connectivity index (χ1n) is 9.67. The summed E-state index contributed by atoms with van der Waals surface area (Å²) in [6.07, 6.45) is 0.132. The van der Waals surface area contributed by atoms with Crippen LogP contribution in [0.4, 0.5) is 0 Å². The maximum absolute atomic E-state index is 12.7. The van der Waals surface area contributed by atoms with Gasteiger partial charge in [-0.05, 0) is 55.0 Å². The van der Waals surface area contributed by atoms with E-state index < -0.39 is 11.8 Å². The molecule has 9 heteroatoms. The van der Waals surface area contributed by atoms with Gasteiger partial charge in [0, 0.05) is 17.0 Å². The highest BCUT2D eigenvalue weighted by atomic mass is 16.5. The average molecular weight is 429 g/mol. The molecule has 32 heavy (non-hydrogen) atoms. The molecule has 0 radical (unpaired) electrons. The number of amides is 2. The van der Waals surface area contributed by atoms with Gasteiger partial charge in [-0.2, -0.15) is 9.97 Å². The lowest BCUT2D eigenvalue weighted by molar-refractivity contribution is -0.117. The molecule has 2 amide bonds. The molecule has 2 aromatic heterocycles. The number of fused-ring (bicyclic) bond motifs is 1. The van der Waals surface area contributed by atoms with E-state index in [1.54, 1.807) is 61.5 Å². The molecule has 0 saturated carbocycles. The Morgan fingerprint density at radius 2 is 1.62 bits per heavy atom. The first-order valence-corrected chi connectivity index (χ1v) is 9.67. The molecule has 4 N–H and O–H groups in total. The fraction of sp³-hybridized carbons (Fsp3) is 0.0870. The van der Waals surface area contributed by atoms with E-state index in [9.17, 15) is 14.4 Å². The molecular weight excluding hydrogens is 410 g/mol. The smallest absolute Gasteiger partial charge is 0.324 e. The van der Waals surface area contributed by atoms with Gasteiger partial charge in [0.25, 0.3) is 5.56 Å². The third-order valence-electron chi connectivity index (χ3n) is 4.84. The zero-order valence-corrected chi connectivity index (χ0v) is 17.1. The van der Waals surface area contributed by atoms with Gasteiger partial charge in [0.05, 0.1) is 17.8 Å². The van der Waals surface area contributed by atoms with Crippen molar-refractivity contribution in [3.05, 3.63) is 87.8 Å². The number of aryl methyl sites for hydroxylation is 1. The summed E-state index contributed by atoms with van der Waals surface area (Å²) in [6.45, 7) is 1.79. The van der Waals surface area contributed by atoms with Crippen LogP contribution >= 0.6 is 0 Å². The summed E-state index contributed by atoms with van der Waals surface area (Å²) in [5.41, 5.74) is 12.8. The zero-order valence-electron chi connectivity index (χ0n) is 17.1. The minimum absolute atomic E-state index is 0.0609. The van der Waals surface area contributed by atoms with Gasteiger partial charge >= 0.3 is 6.01 Å². The summed E-state index contributed by atoms with van der Waals surface area (Å²) in [7, 11) is 0. The Labute approximate surface area is 182 Å². The van der Waals surface area contributed by atoms with E-state index in [0.717, 1.165) is 5.56 Å². The fourth-order valence-electron chi connectivity index (χ4n) is 3.29. The highest BCUT2D eigenvalue weighted by Gasteiger charge is 2.13. The Kier molecular flexibility index (Phi) is 5.38. The van der Waals surface area contributed by atoms with Gasteiger partial charge in [-0.1, -0.05) is 12.1 Å². The number of aromatic nitrogens is 3. The Hall–Kier alpha value is -4.53. The van der Waals surface area contributed by atoms with Gasteiger partial charge in [-0.3, -0.25) is 19.0 Å². The Bertz CT molecular complexity index is 1390. The number of primary amides is 2. The third kappa shape index (κ3) is 4.17. The second-order valence-electron chi connectivity index (χ2n) is 7.14. The monoisotopic (exact) mass is 429 g/mol. The highest BCUT2D eigenvalue weighted by molar-refractivity contribution is 5.93. The van der Waals surface area contributed by atoms with Gasteiger partial charge in [-0.25, -0.2) is 0 Å². The predicted octanol–water partition coefficient (Wildman–Crippen LogP) is 2.01. The van der Waals surface area contributed by atoms with E-state index in [-0.39, 0.29) is 18.0 Å². The number of carbonyl (C=O) groups excluding carboxylic acids is 2. The van der Waals surface area contributed by atoms with E-state index in [2.05, 4.69) is 9.97 Å². The second kappa shape index (κ2) is 8.31. The van der Waals surface area contributed by atoms with Gasteiger partial charge in [0.1, 0.15) is 5.75 Å². The normalized spacial score (nSPS) is 10.8. The zero-order chi connectivity index (χ0) is 22.8. The number of nitrogens with two attached hydrogens (primary N) is 2. The topological polar surface area (TPSA) is 143 Å². The van der Waals surface area contributed by atoms with Crippen LogP contribution in [0.2, 0.25) is 0 Å². The number of hydrogen-bond acceptors (Lipinski definition) is 6. The van der Waals surface area contributed by atoms with Crippen molar-refractivity contribution < 1.29 is 14.3 Å². The minimum atomic E-state index is -0.558. The number of hydrogen-bond donors (Lipinski definition) is 2. The average Bonchev–Trinajstić information content (AvgIpc) is 2.75. The summed E-state index contributed by atoms with van der Waals surface area (Å²) < 4.78 is 7.21. The molecule has 2 aromatic carbocycles. The largest absolute Gasteiger partial charge is 0.424 e. The van der Waals surface area contributed by atoms with E-state index in [0.29, 0.717) is 33.7 Å². The SMILES string of the molecule is Cc1nc(Oc2ccc(CC(N)=O)cc2)nc2c1ccc(=O)n2-c1ccc(C(N)=O)cc1. The van der Waals surface area contributed by atoms with Crippen LogP contribution in [0.25, 0.3) is 16.7 Å². The number of nitrogens with zero attached hydrogens (tertiary/aromatic N) is 3. The maximum atomic E-state index is 12.7. The van der Waals surface area contributed by atoms with E-state index in [4.69, 9.17) is 16.2 Å². The molecule has 0 bridgehead atoms. The quantitative estimate of drug-likeness (QED) is 0.480. The van der Waals surface area contributed by atoms with Gasteiger partial charge < -0.3 is 16.2 Å². The molecule has 0 unspecified atom stereocenters. The van der Waals surface area contributed by atoms with Crippen LogP contribution in [-0.4, -0.2) is 26.3 Å². The third-order valence-corrected chi connectivity index (χ3v) is 4.84. The molecule has 4 rings (SSSR count). The summed E-state index contributed by atoms with van der Waals surface area (Å²) >= 11 is 0. The van der Waals surface area contributed by atoms with Crippen molar-refractivity contribution in [1.29, 1.82) is 0 Å². The Balaban J connectivity index is 1.76. The summed E-state index contributed by atoms with van der Waals surface area (Å²) in [6, 6.07) is 16.3. The standard InChI is InChI=1S/C23H19N5O4/c1-13-18-10-11-20(30)28(16-6-4-15(5-7-16)21(25)31)22(18)27-23(26-13)32-17-8-2-14(3-9-17)12-19(24)29/h2-11H,12H2,1H3,(H2,24,29)(H2,25,31). The van der Waals surface area contributed by atoms with Crippen LogP contribution in [0.1, 0.15) is 21.6 Å². The van der Waals surface area contributed by atoms with Gasteiger partial charge in [0.2, 0.25) is 11.8 Å². The molecule has 0 atom stereocenters. The lowest BCUT2D eigenvalue weighted by Crippen LogP contribution is -2.19. The van der Waals surface area contributed by atoms with Gasteiger partial charge in [-0.15, -0.1) is 0 Å². The molecule has 0 spiro atoms. The van der Waals surface area contributed by atoms with Crippen LogP contribution in [0.3, 0.4) is 0 Å². The first kappa shape index (κ1) is 20.7. The maximum Gasteiger partial charge on any atom is 0.324 e. The molecule has 0 aliphatic carbocycles. The molecule has 0 fully saturated rings. The number of pyridine rings is 1. The van der Waals surface area contributed by atoms with E-state index in [1.807, 2.05) is 0 Å². The minimum Gasteiger partial charge on any atom is -0.424 e. The Morgan fingerprint density at radius 3 is 2.25 bits per heavy atom. The lowest BCUT2D eigenvalue weighted by atomic mass is 10.1. The van der Waals surface area contributed by atoms with Crippen molar-refractivity contribution in [2.75, 3.05) is 0 Å². The van der Waals surface area contributed by atoms with Crippen molar-refractivity contribution >= 4 is 22.8 Å². The van der Waals surface area contributed by atoms with E-state index in [1.165, 1.54) is 10.6 Å². The molecule has 0 aliphatic heterocycles. The number of benzene rings is 2. The van der Waals surface area contributed by atoms with E-state index >= 15 is 0 Å². The lowest BCUT2D eigenvalue weighted by Gasteiger charge is -2.12. The highest BCUT2D eigenvalue weighted by Crippen LogP contribution is 2.24. The molecule has 160 valence electrons. The van der Waals surface area contributed by atoms with Crippen molar-refractivity contribution in [3.63, 3.8) is 0 Å². The number of ether oxygens (including phenoxy) is 1. The fourth-order valence-corrected chi connectivity index (χ4v) is 3.29.